The molecule has 0 radical (unpaired) electrons. The minimum atomic E-state index is -0.854. The van der Waals surface area contributed by atoms with E-state index in [1.54, 1.807) is 0 Å². The number of nitrogens with one attached hydrogen (secondary N) is 2. The normalized spacial score (nSPS) is 21.8. The Labute approximate surface area is 123 Å². The molecule has 1 saturated heterocycles. The minimum Gasteiger partial charge on any atom is -0.366 e. The lowest BCUT2D eigenvalue weighted by Gasteiger charge is -2.35. The van der Waals surface area contributed by atoms with E-state index >= 15 is 0 Å². The molecule has 4 N–H and O–H groups in total. The van der Waals surface area contributed by atoms with Gasteiger partial charge in [-0.2, -0.15) is 0 Å². The summed E-state index contributed by atoms with van der Waals surface area (Å²) >= 11 is 0. The highest BCUT2D eigenvalue weighted by atomic mass is 19.1. The Morgan fingerprint density at radius 3 is 2.81 bits per heavy atom. The first kappa shape index (κ1) is 15.4. The molecule has 5 nitrogen and oxygen atoms in total. The van der Waals surface area contributed by atoms with Gasteiger partial charge in [0.05, 0.1) is 11.0 Å². The third-order valence-corrected chi connectivity index (χ3v) is 4.12. The summed E-state index contributed by atoms with van der Waals surface area (Å²) in [6.45, 7) is 3.52. The Bertz CT molecular complexity index is 554. The van der Waals surface area contributed by atoms with Crippen LogP contribution in [0.1, 0.15) is 36.5 Å². The molecule has 2 amide bonds. The van der Waals surface area contributed by atoms with E-state index in [2.05, 4.69) is 10.6 Å². The summed E-state index contributed by atoms with van der Waals surface area (Å²) in [6, 6.07) is 3.84. The minimum absolute atomic E-state index is 0.112. The maximum Gasteiger partial charge on any atom is 0.251 e. The summed E-state index contributed by atoms with van der Waals surface area (Å²) in [4.78, 5) is 23.7. The molecule has 1 atom stereocenters. The van der Waals surface area contributed by atoms with Crippen LogP contribution < -0.4 is 16.4 Å². The Balaban J connectivity index is 2.19. The van der Waals surface area contributed by atoms with Gasteiger partial charge in [0.2, 0.25) is 5.91 Å². The molecule has 0 bridgehead atoms. The smallest absolute Gasteiger partial charge is 0.251 e. The van der Waals surface area contributed by atoms with Gasteiger partial charge in [0.1, 0.15) is 5.82 Å². The highest BCUT2D eigenvalue weighted by Crippen LogP contribution is 2.31. The van der Waals surface area contributed by atoms with E-state index in [0.29, 0.717) is 12.2 Å². The first-order chi connectivity index (χ1) is 9.98. The van der Waals surface area contributed by atoms with E-state index in [4.69, 9.17) is 5.73 Å². The number of primary amides is 1. The molecule has 1 fully saturated rings. The molecule has 1 heterocycles. The second-order valence-electron chi connectivity index (χ2n) is 5.43. The second kappa shape index (κ2) is 6.22. The number of piperidine rings is 1. The first-order valence-corrected chi connectivity index (χ1v) is 7.10. The fourth-order valence-corrected chi connectivity index (χ4v) is 2.68. The van der Waals surface area contributed by atoms with Gasteiger partial charge in [-0.25, -0.2) is 4.39 Å². The van der Waals surface area contributed by atoms with Crippen molar-refractivity contribution in [2.75, 3.05) is 18.4 Å². The Kier molecular flexibility index (Phi) is 4.57. The lowest BCUT2D eigenvalue weighted by molar-refractivity contribution is -0.126. The summed E-state index contributed by atoms with van der Waals surface area (Å²) in [6.07, 6.45) is 2.47. The third-order valence-electron chi connectivity index (χ3n) is 4.12. The van der Waals surface area contributed by atoms with Crippen molar-refractivity contribution in [1.82, 2.24) is 5.32 Å². The molecule has 1 unspecified atom stereocenters. The predicted octanol–water partition coefficient (Wildman–Crippen LogP) is 1.64. The van der Waals surface area contributed by atoms with Crippen LogP contribution in [0.4, 0.5) is 10.1 Å². The van der Waals surface area contributed by atoms with Crippen molar-refractivity contribution in [3.05, 3.63) is 29.6 Å². The Hall–Kier alpha value is -1.95. The van der Waals surface area contributed by atoms with Crippen LogP contribution in [0.25, 0.3) is 0 Å². The quantitative estimate of drug-likeness (QED) is 0.789. The molecule has 1 aromatic rings. The van der Waals surface area contributed by atoms with Gasteiger partial charge >= 0.3 is 0 Å². The number of anilines is 1. The summed E-state index contributed by atoms with van der Waals surface area (Å²) in [7, 11) is 0. The van der Waals surface area contributed by atoms with Gasteiger partial charge in [0.15, 0.2) is 0 Å². The van der Waals surface area contributed by atoms with Gasteiger partial charge < -0.3 is 16.4 Å². The molecule has 0 saturated carbocycles. The van der Waals surface area contributed by atoms with Crippen LogP contribution in [-0.2, 0) is 4.79 Å². The molecule has 1 aromatic carbocycles. The molecule has 0 aliphatic carbocycles. The zero-order valence-corrected chi connectivity index (χ0v) is 12.0. The highest BCUT2D eigenvalue weighted by Gasteiger charge is 2.37. The zero-order valence-electron chi connectivity index (χ0n) is 12.0. The largest absolute Gasteiger partial charge is 0.366 e. The first-order valence-electron chi connectivity index (χ1n) is 7.10. The molecule has 21 heavy (non-hydrogen) atoms. The van der Waals surface area contributed by atoms with Crippen molar-refractivity contribution in [3.63, 3.8) is 0 Å². The van der Waals surface area contributed by atoms with Gasteiger partial charge in [-0.1, -0.05) is 6.92 Å². The number of hydrogen-bond acceptors (Lipinski definition) is 3. The van der Waals surface area contributed by atoms with E-state index < -0.39 is 17.1 Å². The number of nitrogens with two attached hydrogens (primary N) is 1. The Morgan fingerprint density at radius 1 is 1.48 bits per heavy atom. The monoisotopic (exact) mass is 293 g/mol. The molecule has 6 heteroatoms. The number of benzene rings is 1. The molecular formula is C15H20FN3O2. The van der Waals surface area contributed by atoms with Crippen molar-refractivity contribution < 1.29 is 14.0 Å². The molecule has 0 aromatic heterocycles. The molecule has 2 rings (SSSR count). The van der Waals surface area contributed by atoms with Crippen molar-refractivity contribution in [2.24, 2.45) is 11.1 Å². The molecule has 1 aliphatic heterocycles. The van der Waals surface area contributed by atoms with Gasteiger partial charge in [-0.05, 0) is 44.0 Å². The standard InChI is InChI=1S/C15H20FN3O2/c1-2-15(6-3-7-18-9-15)14(21)19-10-4-5-12(16)11(8-10)13(17)20/h4-5,8,18H,2-3,6-7,9H2,1H3,(H2,17,20)(H,19,21). The van der Waals surface area contributed by atoms with Crippen LogP contribution in [-0.4, -0.2) is 24.9 Å². The van der Waals surface area contributed by atoms with E-state index in [1.165, 1.54) is 12.1 Å². The van der Waals surface area contributed by atoms with E-state index in [0.717, 1.165) is 31.9 Å². The van der Waals surface area contributed by atoms with Crippen LogP contribution in [0.3, 0.4) is 0 Å². The Morgan fingerprint density at radius 2 is 2.24 bits per heavy atom. The third kappa shape index (κ3) is 3.21. The van der Waals surface area contributed by atoms with E-state index in [-0.39, 0.29) is 11.5 Å². The number of halogens is 1. The number of carbonyl (C=O) groups is 2. The number of rotatable bonds is 4. The number of carbonyl (C=O) groups excluding carboxylic acids is 2. The van der Waals surface area contributed by atoms with Crippen molar-refractivity contribution in [2.45, 2.75) is 26.2 Å². The van der Waals surface area contributed by atoms with Crippen LogP contribution in [0.2, 0.25) is 0 Å². The van der Waals surface area contributed by atoms with Gasteiger partial charge in [-0.3, -0.25) is 9.59 Å². The summed E-state index contributed by atoms with van der Waals surface area (Å²) in [5, 5.41) is 6.01. The molecule has 114 valence electrons. The predicted molar refractivity (Wildman–Crippen MR) is 78.4 cm³/mol. The lowest BCUT2D eigenvalue weighted by atomic mass is 9.77. The molecule has 0 spiro atoms. The van der Waals surface area contributed by atoms with Crippen molar-refractivity contribution >= 4 is 17.5 Å². The summed E-state index contributed by atoms with van der Waals surface area (Å²) < 4.78 is 13.4. The average Bonchev–Trinajstić information content (AvgIpc) is 2.49. The van der Waals surface area contributed by atoms with Crippen LogP contribution >= 0.6 is 0 Å². The fraction of sp³-hybridized carbons (Fsp3) is 0.467. The van der Waals surface area contributed by atoms with Gasteiger partial charge in [-0.15, -0.1) is 0 Å². The van der Waals surface area contributed by atoms with Gasteiger partial charge in [0.25, 0.3) is 5.91 Å². The molecule has 1 aliphatic rings. The lowest BCUT2D eigenvalue weighted by Crippen LogP contribution is -2.47. The average molecular weight is 293 g/mol. The van der Waals surface area contributed by atoms with Crippen LogP contribution in [0, 0.1) is 11.2 Å². The highest BCUT2D eigenvalue weighted by molar-refractivity contribution is 5.98. The van der Waals surface area contributed by atoms with E-state index in [9.17, 15) is 14.0 Å². The topological polar surface area (TPSA) is 84.2 Å². The van der Waals surface area contributed by atoms with Gasteiger partial charge in [0, 0.05) is 12.2 Å². The maximum absolute atomic E-state index is 13.4. The van der Waals surface area contributed by atoms with E-state index in [1.807, 2.05) is 6.92 Å². The number of hydrogen-bond donors (Lipinski definition) is 3. The summed E-state index contributed by atoms with van der Waals surface area (Å²) in [5.41, 5.74) is 4.81. The number of amides is 2. The molecular weight excluding hydrogens is 273 g/mol. The second-order valence-corrected chi connectivity index (χ2v) is 5.43. The van der Waals surface area contributed by atoms with Crippen molar-refractivity contribution in [3.8, 4) is 0 Å². The van der Waals surface area contributed by atoms with Crippen LogP contribution in [0.5, 0.6) is 0 Å². The van der Waals surface area contributed by atoms with Crippen molar-refractivity contribution in [1.29, 1.82) is 0 Å². The van der Waals surface area contributed by atoms with Crippen LogP contribution in [0.15, 0.2) is 18.2 Å². The summed E-state index contributed by atoms with van der Waals surface area (Å²) in [5.74, 6) is -1.66. The fourth-order valence-electron chi connectivity index (χ4n) is 2.68. The zero-order chi connectivity index (χ0) is 15.5. The maximum atomic E-state index is 13.4. The SMILES string of the molecule is CCC1(C(=O)Nc2ccc(F)c(C(N)=O)c2)CCCNC1.